The fraction of sp³-hybridized carbons (Fsp3) is 0.833. The molecule has 90 valence electrons. The van der Waals surface area contributed by atoms with Crippen molar-refractivity contribution in [3.05, 3.63) is 11.8 Å². The zero-order chi connectivity index (χ0) is 11.4. The lowest BCUT2D eigenvalue weighted by atomic mass is 10.2. The van der Waals surface area contributed by atoms with Crippen LogP contribution in [0.4, 0.5) is 0 Å². The Hall–Kier alpha value is -0.123. The monoisotopic (exact) mass is 230 g/mol. The lowest BCUT2D eigenvalue weighted by Crippen LogP contribution is -2.21. The second-order valence-electron chi connectivity index (χ2n) is 3.68. The molecular weight excluding hydrogens is 204 g/mol. The molecule has 0 rings (SSSR count). The molecule has 0 atom stereocenters. The van der Waals surface area contributed by atoms with Gasteiger partial charge in [0.05, 0.1) is 0 Å². The normalized spacial score (nSPS) is 11.7. The molecule has 3 heteroatoms. The summed E-state index contributed by atoms with van der Waals surface area (Å²) in [6, 6.07) is 0. The highest BCUT2D eigenvalue weighted by atomic mass is 28.3. The second kappa shape index (κ2) is 11.9. The molecule has 0 aliphatic heterocycles. The van der Waals surface area contributed by atoms with Gasteiger partial charge in [-0.15, -0.1) is 0 Å². The maximum Gasteiger partial charge on any atom is 0.348 e. The molecule has 0 saturated carbocycles. The summed E-state index contributed by atoms with van der Waals surface area (Å²) >= 11 is 0. The highest BCUT2D eigenvalue weighted by Crippen LogP contribution is 1.99. The molecule has 0 radical (unpaired) electrons. The standard InChI is InChI=1S/C12H26O2Si/c1-4-7-8-9-12-15(13-10-5-2)14-11-6-3/h9,12,15H,4-8,10-11H2,1-3H3. The first-order chi connectivity index (χ1) is 7.35. The van der Waals surface area contributed by atoms with E-state index in [1.54, 1.807) is 0 Å². The van der Waals surface area contributed by atoms with Crippen molar-refractivity contribution in [1.82, 2.24) is 0 Å². The first-order valence-electron chi connectivity index (χ1n) is 6.24. The minimum absolute atomic E-state index is 0.832. The van der Waals surface area contributed by atoms with Gasteiger partial charge in [-0.1, -0.05) is 39.7 Å². The molecule has 0 aliphatic rings. The van der Waals surface area contributed by atoms with Gasteiger partial charge in [0.15, 0.2) is 0 Å². The maximum absolute atomic E-state index is 5.70. The zero-order valence-electron chi connectivity index (χ0n) is 10.5. The van der Waals surface area contributed by atoms with Crippen molar-refractivity contribution >= 4 is 9.28 Å². The topological polar surface area (TPSA) is 18.5 Å². The smallest absolute Gasteiger partial charge is 0.348 e. The van der Waals surface area contributed by atoms with Crippen LogP contribution in [0, 0.1) is 0 Å². The summed E-state index contributed by atoms with van der Waals surface area (Å²) in [5.74, 6) is 0. The number of allylic oxidation sites excluding steroid dienone is 1. The fourth-order valence-corrected chi connectivity index (χ4v) is 2.83. The summed E-state index contributed by atoms with van der Waals surface area (Å²) in [5.41, 5.74) is 2.18. The summed E-state index contributed by atoms with van der Waals surface area (Å²) in [7, 11) is -1.49. The molecule has 0 bridgehead atoms. The number of hydrogen-bond acceptors (Lipinski definition) is 2. The van der Waals surface area contributed by atoms with Crippen molar-refractivity contribution in [2.45, 2.75) is 52.9 Å². The van der Waals surface area contributed by atoms with Crippen LogP contribution in [0.25, 0.3) is 0 Å². The van der Waals surface area contributed by atoms with Gasteiger partial charge in [0.2, 0.25) is 0 Å². The van der Waals surface area contributed by atoms with E-state index >= 15 is 0 Å². The second-order valence-corrected chi connectivity index (χ2v) is 5.47. The number of rotatable bonds is 10. The average Bonchev–Trinajstić information content (AvgIpc) is 2.27. The lowest BCUT2D eigenvalue weighted by Gasteiger charge is -2.12. The molecular formula is C12H26O2Si. The van der Waals surface area contributed by atoms with E-state index < -0.39 is 9.28 Å². The Morgan fingerprint density at radius 3 is 2.00 bits per heavy atom. The van der Waals surface area contributed by atoms with E-state index in [1.165, 1.54) is 12.8 Å². The summed E-state index contributed by atoms with van der Waals surface area (Å²) in [4.78, 5) is 0. The van der Waals surface area contributed by atoms with E-state index in [2.05, 4.69) is 32.5 Å². The molecule has 2 nitrogen and oxygen atoms in total. The molecule has 0 aromatic heterocycles. The van der Waals surface area contributed by atoms with Crippen LogP contribution in [-0.2, 0) is 8.85 Å². The van der Waals surface area contributed by atoms with Gasteiger partial charge in [-0.05, 0) is 25.0 Å². The molecule has 0 aromatic rings. The van der Waals surface area contributed by atoms with Gasteiger partial charge in [-0.3, -0.25) is 0 Å². The molecule has 0 heterocycles. The van der Waals surface area contributed by atoms with Crippen molar-refractivity contribution in [1.29, 1.82) is 0 Å². The molecule has 0 spiro atoms. The Labute approximate surface area is 96.5 Å². The van der Waals surface area contributed by atoms with Crippen LogP contribution in [0.5, 0.6) is 0 Å². The van der Waals surface area contributed by atoms with Gasteiger partial charge in [0, 0.05) is 13.2 Å². The van der Waals surface area contributed by atoms with Gasteiger partial charge in [-0.2, -0.15) is 0 Å². The lowest BCUT2D eigenvalue weighted by molar-refractivity contribution is 0.206. The van der Waals surface area contributed by atoms with Gasteiger partial charge in [-0.25, -0.2) is 0 Å². The van der Waals surface area contributed by atoms with Crippen molar-refractivity contribution in [3.63, 3.8) is 0 Å². The molecule has 0 aromatic carbocycles. The third-order valence-electron chi connectivity index (χ3n) is 1.99. The summed E-state index contributed by atoms with van der Waals surface area (Å²) in [5, 5.41) is 0. The summed E-state index contributed by atoms with van der Waals surface area (Å²) in [6.07, 6.45) is 8.04. The van der Waals surface area contributed by atoms with E-state index in [4.69, 9.17) is 8.85 Å². The van der Waals surface area contributed by atoms with Gasteiger partial charge in [0.25, 0.3) is 0 Å². The summed E-state index contributed by atoms with van der Waals surface area (Å²) in [6.45, 7) is 8.14. The quantitative estimate of drug-likeness (QED) is 0.423. The molecule has 0 unspecified atom stereocenters. The van der Waals surface area contributed by atoms with Crippen LogP contribution < -0.4 is 0 Å². The Morgan fingerprint density at radius 2 is 1.53 bits per heavy atom. The molecule has 15 heavy (non-hydrogen) atoms. The van der Waals surface area contributed by atoms with Crippen LogP contribution in [0.3, 0.4) is 0 Å². The predicted molar refractivity (Wildman–Crippen MR) is 68.3 cm³/mol. The van der Waals surface area contributed by atoms with Crippen LogP contribution >= 0.6 is 0 Å². The Balaban J connectivity index is 3.71. The number of hydrogen-bond donors (Lipinski definition) is 0. The first kappa shape index (κ1) is 14.9. The molecule has 0 N–H and O–H groups in total. The highest BCUT2D eigenvalue weighted by Gasteiger charge is 2.07. The van der Waals surface area contributed by atoms with E-state index in [1.807, 2.05) is 0 Å². The van der Waals surface area contributed by atoms with Crippen molar-refractivity contribution < 1.29 is 8.85 Å². The van der Waals surface area contributed by atoms with Crippen LogP contribution in [-0.4, -0.2) is 22.5 Å². The van der Waals surface area contributed by atoms with E-state index in [-0.39, 0.29) is 0 Å². The molecule has 0 saturated heterocycles. The fourth-order valence-electron chi connectivity index (χ4n) is 1.16. The zero-order valence-corrected chi connectivity index (χ0v) is 11.7. The molecule has 0 fully saturated rings. The maximum atomic E-state index is 5.70. The van der Waals surface area contributed by atoms with Crippen LogP contribution in [0.1, 0.15) is 52.9 Å². The van der Waals surface area contributed by atoms with E-state index in [9.17, 15) is 0 Å². The third kappa shape index (κ3) is 10.2. The molecule has 0 aliphatic carbocycles. The summed E-state index contributed by atoms with van der Waals surface area (Å²) < 4.78 is 11.4. The number of unbranched alkanes of at least 4 members (excludes halogenated alkanes) is 2. The predicted octanol–water partition coefficient (Wildman–Crippen LogP) is 3.35. The van der Waals surface area contributed by atoms with Crippen molar-refractivity contribution in [2.75, 3.05) is 13.2 Å². The van der Waals surface area contributed by atoms with Crippen molar-refractivity contribution in [2.24, 2.45) is 0 Å². The largest absolute Gasteiger partial charge is 0.394 e. The minimum atomic E-state index is -1.49. The third-order valence-corrected chi connectivity index (χ3v) is 3.70. The minimum Gasteiger partial charge on any atom is -0.394 e. The first-order valence-corrected chi connectivity index (χ1v) is 7.85. The van der Waals surface area contributed by atoms with Crippen LogP contribution in [0.15, 0.2) is 11.8 Å². The van der Waals surface area contributed by atoms with Gasteiger partial charge in [0.1, 0.15) is 0 Å². The SMILES string of the molecule is CCCCC=C[SiH](OCCC)OCCC. The van der Waals surface area contributed by atoms with E-state index in [0.29, 0.717) is 0 Å². The van der Waals surface area contributed by atoms with E-state index in [0.717, 1.165) is 32.5 Å². The van der Waals surface area contributed by atoms with Gasteiger partial charge < -0.3 is 8.85 Å². The van der Waals surface area contributed by atoms with Crippen molar-refractivity contribution in [3.8, 4) is 0 Å². The highest BCUT2D eigenvalue weighted by molar-refractivity contribution is 6.50. The molecule has 0 amide bonds. The Morgan fingerprint density at radius 1 is 0.933 bits per heavy atom. The Kier molecular flexibility index (Phi) is 11.9. The van der Waals surface area contributed by atoms with Gasteiger partial charge >= 0.3 is 9.28 Å². The average molecular weight is 230 g/mol. The Bertz CT molecular complexity index is 141. The van der Waals surface area contributed by atoms with Crippen LogP contribution in [0.2, 0.25) is 0 Å².